The maximum atomic E-state index is 12.6. The zero-order valence-electron chi connectivity index (χ0n) is 12.5. The van der Waals surface area contributed by atoms with Crippen LogP contribution in [0.25, 0.3) is 0 Å². The third kappa shape index (κ3) is 3.77. The van der Waals surface area contributed by atoms with E-state index in [9.17, 15) is 4.21 Å². The number of ether oxygens (including phenoxy) is 2. The second-order valence-corrected chi connectivity index (χ2v) is 7.17. The highest BCUT2D eigenvalue weighted by atomic mass is 32.2. The molecule has 3 rings (SSSR count). The molecule has 116 valence electrons. The molecule has 1 fully saturated rings. The van der Waals surface area contributed by atoms with Gasteiger partial charge in [-0.2, -0.15) is 0 Å². The fourth-order valence-electron chi connectivity index (χ4n) is 2.67. The molecule has 2 unspecified atom stereocenters. The fourth-order valence-corrected chi connectivity index (χ4v) is 4.03. The second-order valence-electron chi connectivity index (χ2n) is 5.67. The topological polar surface area (TPSA) is 47.6 Å². The number of hydrogen-bond acceptors (Lipinski definition) is 4. The highest BCUT2D eigenvalue weighted by Crippen LogP contribution is 2.35. The third-order valence-corrected chi connectivity index (χ3v) is 5.41. The molecule has 21 heavy (non-hydrogen) atoms. The number of benzene rings is 1. The lowest BCUT2D eigenvalue weighted by Crippen LogP contribution is -2.35. The molecule has 2 aliphatic rings. The normalized spacial score (nSPS) is 20.6. The van der Waals surface area contributed by atoms with Crippen LogP contribution in [0.1, 0.15) is 26.2 Å². The lowest BCUT2D eigenvalue weighted by Gasteiger charge is -2.17. The van der Waals surface area contributed by atoms with Crippen LogP contribution in [0.2, 0.25) is 0 Å². The van der Waals surface area contributed by atoms with E-state index in [4.69, 9.17) is 9.47 Å². The standard InChI is InChI=1S/C16H23NO3S/c1-2-17-14(12-4-5-12)11-21(18)13-6-7-15-16(10-13)20-9-3-8-19-15/h6-7,10,12,14,17H,2-5,8-9,11H2,1H3. The van der Waals surface area contributed by atoms with Crippen molar-refractivity contribution in [2.45, 2.75) is 37.1 Å². The van der Waals surface area contributed by atoms with Gasteiger partial charge in [0.15, 0.2) is 11.5 Å². The SMILES string of the molecule is CCNC(CS(=O)c1ccc2c(c1)OCCCO2)C1CC1. The van der Waals surface area contributed by atoms with Gasteiger partial charge in [-0.3, -0.25) is 4.21 Å². The van der Waals surface area contributed by atoms with Crippen LogP contribution >= 0.6 is 0 Å². The Morgan fingerprint density at radius 1 is 1.29 bits per heavy atom. The average Bonchev–Trinajstić information content (AvgIpc) is 3.32. The zero-order valence-corrected chi connectivity index (χ0v) is 13.3. The molecular formula is C16H23NO3S. The minimum atomic E-state index is -0.997. The lowest BCUT2D eigenvalue weighted by atomic mass is 10.2. The van der Waals surface area contributed by atoms with Gasteiger partial charge in [0.25, 0.3) is 0 Å². The van der Waals surface area contributed by atoms with Crippen LogP contribution in [0.15, 0.2) is 23.1 Å². The highest BCUT2D eigenvalue weighted by Gasteiger charge is 2.32. The van der Waals surface area contributed by atoms with Crippen molar-refractivity contribution in [2.24, 2.45) is 5.92 Å². The van der Waals surface area contributed by atoms with Gasteiger partial charge in [-0.1, -0.05) is 6.92 Å². The molecule has 1 N–H and O–H groups in total. The predicted molar refractivity (Wildman–Crippen MR) is 83.5 cm³/mol. The van der Waals surface area contributed by atoms with Gasteiger partial charge in [-0.15, -0.1) is 0 Å². The molecule has 2 atom stereocenters. The van der Waals surface area contributed by atoms with Gasteiger partial charge in [0, 0.05) is 29.2 Å². The summed E-state index contributed by atoms with van der Waals surface area (Å²) in [6.45, 7) is 4.37. The molecule has 0 radical (unpaired) electrons. The molecule has 0 amide bonds. The largest absolute Gasteiger partial charge is 0.490 e. The van der Waals surface area contributed by atoms with Gasteiger partial charge in [0.2, 0.25) is 0 Å². The molecule has 1 aromatic carbocycles. The van der Waals surface area contributed by atoms with Crippen molar-refractivity contribution in [3.63, 3.8) is 0 Å². The van der Waals surface area contributed by atoms with E-state index in [1.54, 1.807) is 0 Å². The van der Waals surface area contributed by atoms with Gasteiger partial charge < -0.3 is 14.8 Å². The highest BCUT2D eigenvalue weighted by molar-refractivity contribution is 7.85. The molecule has 5 heteroatoms. The monoisotopic (exact) mass is 309 g/mol. The van der Waals surface area contributed by atoms with Crippen LogP contribution in [0, 0.1) is 5.92 Å². The Morgan fingerprint density at radius 3 is 2.76 bits per heavy atom. The van der Waals surface area contributed by atoms with E-state index in [2.05, 4.69) is 12.2 Å². The lowest BCUT2D eigenvalue weighted by molar-refractivity contribution is 0.297. The van der Waals surface area contributed by atoms with Crippen molar-refractivity contribution in [3.8, 4) is 11.5 Å². The first kappa shape index (κ1) is 14.9. The molecule has 0 saturated heterocycles. The Hall–Kier alpha value is -1.07. The first-order valence-corrected chi connectivity index (χ1v) is 9.11. The summed E-state index contributed by atoms with van der Waals surface area (Å²) in [7, 11) is -0.997. The van der Waals surface area contributed by atoms with Crippen molar-refractivity contribution in [1.82, 2.24) is 5.32 Å². The summed E-state index contributed by atoms with van der Waals surface area (Å²) in [4.78, 5) is 0.836. The van der Waals surface area contributed by atoms with Crippen LogP contribution in [0.4, 0.5) is 0 Å². The van der Waals surface area contributed by atoms with Gasteiger partial charge in [0.1, 0.15) is 0 Å². The minimum Gasteiger partial charge on any atom is -0.490 e. The predicted octanol–water partition coefficient (Wildman–Crippen LogP) is 2.34. The molecule has 0 aromatic heterocycles. The van der Waals surface area contributed by atoms with Crippen molar-refractivity contribution in [1.29, 1.82) is 0 Å². The molecule has 1 heterocycles. The van der Waals surface area contributed by atoms with E-state index in [0.717, 1.165) is 29.4 Å². The van der Waals surface area contributed by atoms with Crippen LogP contribution in [0.3, 0.4) is 0 Å². The number of hydrogen-bond donors (Lipinski definition) is 1. The minimum absolute atomic E-state index is 0.367. The smallest absolute Gasteiger partial charge is 0.162 e. The van der Waals surface area contributed by atoms with Gasteiger partial charge in [-0.05, 0) is 37.4 Å². The van der Waals surface area contributed by atoms with Crippen molar-refractivity contribution < 1.29 is 13.7 Å². The maximum absolute atomic E-state index is 12.6. The van der Waals surface area contributed by atoms with Crippen LogP contribution in [-0.4, -0.2) is 35.8 Å². The molecule has 0 spiro atoms. The van der Waals surface area contributed by atoms with Crippen LogP contribution in [-0.2, 0) is 10.8 Å². The first-order valence-electron chi connectivity index (χ1n) is 7.79. The summed E-state index contributed by atoms with van der Waals surface area (Å²) in [6.07, 6.45) is 3.41. The third-order valence-electron chi connectivity index (χ3n) is 3.97. The Morgan fingerprint density at radius 2 is 2.05 bits per heavy atom. The summed E-state index contributed by atoms with van der Waals surface area (Å²) >= 11 is 0. The van der Waals surface area contributed by atoms with E-state index in [1.165, 1.54) is 12.8 Å². The Bertz CT molecular complexity index is 516. The summed E-state index contributed by atoms with van der Waals surface area (Å²) in [5.41, 5.74) is 0. The van der Waals surface area contributed by atoms with Crippen molar-refractivity contribution >= 4 is 10.8 Å². The van der Waals surface area contributed by atoms with Gasteiger partial charge in [-0.25, -0.2) is 0 Å². The summed E-state index contributed by atoms with van der Waals surface area (Å²) in [5, 5.41) is 3.47. The number of rotatable bonds is 6. The molecule has 1 aliphatic heterocycles. The average molecular weight is 309 g/mol. The molecule has 0 bridgehead atoms. The van der Waals surface area contributed by atoms with E-state index >= 15 is 0 Å². The zero-order chi connectivity index (χ0) is 14.7. The van der Waals surface area contributed by atoms with Gasteiger partial charge >= 0.3 is 0 Å². The molecular weight excluding hydrogens is 286 g/mol. The van der Waals surface area contributed by atoms with Gasteiger partial charge in [0.05, 0.1) is 24.0 Å². The van der Waals surface area contributed by atoms with E-state index in [-0.39, 0.29) is 0 Å². The molecule has 1 saturated carbocycles. The Balaban J connectivity index is 1.70. The fraction of sp³-hybridized carbons (Fsp3) is 0.625. The second kappa shape index (κ2) is 6.79. The van der Waals surface area contributed by atoms with E-state index in [0.29, 0.717) is 30.9 Å². The summed E-state index contributed by atoms with van der Waals surface area (Å²) in [5.74, 6) is 2.87. The van der Waals surface area contributed by atoms with Crippen molar-refractivity contribution in [3.05, 3.63) is 18.2 Å². The van der Waals surface area contributed by atoms with Crippen molar-refractivity contribution in [2.75, 3.05) is 25.5 Å². The Kier molecular flexibility index (Phi) is 4.80. The Labute approximate surface area is 128 Å². The quantitative estimate of drug-likeness (QED) is 0.876. The number of nitrogens with one attached hydrogen (secondary N) is 1. The summed E-state index contributed by atoms with van der Waals surface area (Å²) in [6, 6.07) is 6.03. The molecule has 1 aliphatic carbocycles. The summed E-state index contributed by atoms with van der Waals surface area (Å²) < 4.78 is 23.9. The number of fused-ring (bicyclic) bond motifs is 1. The van der Waals surface area contributed by atoms with E-state index < -0.39 is 10.8 Å². The maximum Gasteiger partial charge on any atom is 0.162 e. The molecule has 4 nitrogen and oxygen atoms in total. The van der Waals surface area contributed by atoms with Crippen LogP contribution in [0.5, 0.6) is 11.5 Å². The first-order chi connectivity index (χ1) is 10.3. The van der Waals surface area contributed by atoms with E-state index in [1.807, 2.05) is 18.2 Å². The molecule has 1 aromatic rings. The van der Waals surface area contributed by atoms with Crippen LogP contribution < -0.4 is 14.8 Å².